The minimum Gasteiger partial charge on any atom is -0.389 e. The minimum absolute atomic E-state index is 0.395. The summed E-state index contributed by atoms with van der Waals surface area (Å²) in [5, 5.41) is 9.85. The topological polar surface area (TPSA) is 48.8 Å². The Balaban J connectivity index is 1.92. The van der Waals surface area contributed by atoms with Crippen molar-refractivity contribution < 1.29 is 9.84 Å². The fourth-order valence-electron chi connectivity index (χ4n) is 2.70. The Hall–Kier alpha value is -1.17. The van der Waals surface area contributed by atoms with Crippen molar-refractivity contribution in [1.82, 2.24) is 9.88 Å². The van der Waals surface area contributed by atoms with Gasteiger partial charge in [-0.25, -0.2) is 4.98 Å². The van der Waals surface area contributed by atoms with Crippen LogP contribution >= 0.6 is 0 Å². The summed E-state index contributed by atoms with van der Waals surface area (Å²) >= 11 is 0. The van der Waals surface area contributed by atoms with Gasteiger partial charge in [-0.1, -0.05) is 6.07 Å². The number of β-amino-alcohol motifs (C(OH)–C–C–N with tert-alkyl or cyclic N) is 1. The molecule has 0 radical (unpaired) electrons. The summed E-state index contributed by atoms with van der Waals surface area (Å²) in [5.41, 5.74) is 1.05. The first-order valence-corrected chi connectivity index (χ1v) is 7.20. The van der Waals surface area contributed by atoms with Crippen molar-refractivity contribution in [3.05, 3.63) is 23.9 Å². The highest BCUT2D eigenvalue weighted by Gasteiger charge is 2.25. The summed E-state index contributed by atoms with van der Waals surface area (Å²) in [6.07, 6.45) is -0.411. The number of hydrogen-bond donors (Lipinski definition) is 1. The molecule has 0 aliphatic carbocycles. The Morgan fingerprint density at radius 2 is 2.25 bits per heavy atom. The lowest BCUT2D eigenvalue weighted by Gasteiger charge is -2.41. The van der Waals surface area contributed by atoms with E-state index in [1.807, 2.05) is 13.0 Å². The third-order valence-corrected chi connectivity index (χ3v) is 3.77. The lowest BCUT2D eigenvalue weighted by atomic mass is 10.1. The van der Waals surface area contributed by atoms with Crippen LogP contribution in [0.3, 0.4) is 0 Å². The molecule has 1 fully saturated rings. The summed E-state index contributed by atoms with van der Waals surface area (Å²) in [4.78, 5) is 9.22. The predicted octanol–water partition coefficient (Wildman–Crippen LogP) is 0.908. The van der Waals surface area contributed by atoms with Crippen LogP contribution in [0, 0.1) is 6.92 Å². The van der Waals surface area contributed by atoms with E-state index < -0.39 is 6.10 Å². The van der Waals surface area contributed by atoms with E-state index in [4.69, 9.17) is 4.74 Å². The summed E-state index contributed by atoms with van der Waals surface area (Å²) in [7, 11) is 1.62. The lowest BCUT2D eigenvalue weighted by Crippen LogP contribution is -2.54. The zero-order valence-electron chi connectivity index (χ0n) is 12.6. The second kappa shape index (κ2) is 7.02. The van der Waals surface area contributed by atoms with Gasteiger partial charge in [-0.3, -0.25) is 4.90 Å². The number of nitrogens with zero attached hydrogens (tertiary/aromatic N) is 3. The van der Waals surface area contributed by atoms with Crippen molar-refractivity contribution in [1.29, 1.82) is 0 Å². The highest BCUT2D eigenvalue weighted by Crippen LogP contribution is 2.17. The predicted molar refractivity (Wildman–Crippen MR) is 80.1 cm³/mol. The molecule has 0 bridgehead atoms. The van der Waals surface area contributed by atoms with E-state index in [-0.39, 0.29) is 0 Å². The molecule has 1 aliphatic heterocycles. The number of aliphatic hydroxyl groups excluding tert-OH is 1. The molecule has 2 rings (SSSR count). The van der Waals surface area contributed by atoms with Gasteiger partial charge in [-0.15, -0.1) is 0 Å². The van der Waals surface area contributed by atoms with E-state index in [0.717, 1.165) is 31.1 Å². The Bertz CT molecular complexity index is 427. The maximum atomic E-state index is 9.85. The number of aryl methyl sites for hydroxylation is 1. The van der Waals surface area contributed by atoms with Gasteiger partial charge < -0.3 is 14.7 Å². The van der Waals surface area contributed by atoms with E-state index in [9.17, 15) is 5.11 Å². The Kier molecular flexibility index (Phi) is 5.34. The van der Waals surface area contributed by atoms with Crippen molar-refractivity contribution in [2.24, 2.45) is 0 Å². The summed E-state index contributed by atoms with van der Waals surface area (Å²) < 4.78 is 4.99. The number of rotatable bonds is 5. The first-order valence-electron chi connectivity index (χ1n) is 7.20. The number of aliphatic hydroxyl groups is 1. The van der Waals surface area contributed by atoms with Gasteiger partial charge in [0.25, 0.3) is 0 Å². The molecule has 0 aromatic carbocycles. The molecule has 2 heterocycles. The van der Waals surface area contributed by atoms with Gasteiger partial charge >= 0.3 is 0 Å². The van der Waals surface area contributed by atoms with Crippen molar-refractivity contribution in [2.75, 3.05) is 44.8 Å². The molecule has 112 valence electrons. The van der Waals surface area contributed by atoms with E-state index in [1.165, 1.54) is 0 Å². The fourth-order valence-corrected chi connectivity index (χ4v) is 2.70. The first-order chi connectivity index (χ1) is 9.60. The first kappa shape index (κ1) is 15.2. The largest absolute Gasteiger partial charge is 0.389 e. The monoisotopic (exact) mass is 279 g/mol. The van der Waals surface area contributed by atoms with Crippen molar-refractivity contribution in [3.8, 4) is 0 Å². The Morgan fingerprint density at radius 3 is 2.90 bits per heavy atom. The van der Waals surface area contributed by atoms with Crippen LogP contribution in [-0.2, 0) is 4.74 Å². The molecule has 20 heavy (non-hydrogen) atoms. The van der Waals surface area contributed by atoms with E-state index in [1.54, 1.807) is 7.11 Å². The Morgan fingerprint density at radius 1 is 1.45 bits per heavy atom. The zero-order valence-corrected chi connectivity index (χ0v) is 12.6. The molecule has 1 saturated heterocycles. The van der Waals surface area contributed by atoms with Crippen LogP contribution in [0.2, 0.25) is 0 Å². The Labute approximate surface area is 121 Å². The van der Waals surface area contributed by atoms with Gasteiger partial charge in [0.15, 0.2) is 0 Å². The lowest BCUT2D eigenvalue weighted by molar-refractivity contribution is 0.0260. The molecule has 5 nitrogen and oxygen atoms in total. The molecule has 1 aromatic rings. The maximum absolute atomic E-state index is 9.85. The second-order valence-electron chi connectivity index (χ2n) is 5.54. The van der Waals surface area contributed by atoms with Crippen molar-refractivity contribution in [2.45, 2.75) is 26.0 Å². The normalized spacial score (nSPS) is 22.0. The van der Waals surface area contributed by atoms with Crippen LogP contribution in [-0.4, -0.2) is 67.0 Å². The standard InChI is InChI=1S/C15H25N3O2/c1-12-5-4-6-15(16-12)18-8-7-17(13(2)9-18)10-14(19)11-20-3/h4-6,13-14,19H,7-11H2,1-3H3/t13-,14+/m1/s1. The van der Waals surface area contributed by atoms with E-state index in [2.05, 4.69) is 33.8 Å². The molecule has 0 saturated carbocycles. The summed E-state index contributed by atoms with van der Waals surface area (Å²) in [6, 6.07) is 6.54. The van der Waals surface area contributed by atoms with Crippen LogP contribution in [0.5, 0.6) is 0 Å². The third kappa shape index (κ3) is 3.91. The van der Waals surface area contributed by atoms with Gasteiger partial charge in [0, 0.05) is 45.0 Å². The molecule has 0 spiro atoms. The third-order valence-electron chi connectivity index (χ3n) is 3.77. The van der Waals surface area contributed by atoms with Gasteiger partial charge in [0.2, 0.25) is 0 Å². The van der Waals surface area contributed by atoms with Gasteiger partial charge in [0.05, 0.1) is 12.7 Å². The van der Waals surface area contributed by atoms with Crippen molar-refractivity contribution in [3.63, 3.8) is 0 Å². The second-order valence-corrected chi connectivity index (χ2v) is 5.54. The SMILES string of the molecule is COC[C@@H](O)CN1CCN(c2cccc(C)n2)C[C@H]1C. The fraction of sp³-hybridized carbons (Fsp3) is 0.667. The van der Waals surface area contributed by atoms with Gasteiger partial charge in [-0.2, -0.15) is 0 Å². The van der Waals surface area contributed by atoms with Gasteiger partial charge in [0.1, 0.15) is 5.82 Å². The zero-order chi connectivity index (χ0) is 14.5. The van der Waals surface area contributed by atoms with Crippen LogP contribution < -0.4 is 4.90 Å². The molecule has 0 amide bonds. The van der Waals surface area contributed by atoms with E-state index >= 15 is 0 Å². The molecular weight excluding hydrogens is 254 g/mol. The van der Waals surface area contributed by atoms with Crippen LogP contribution in [0.15, 0.2) is 18.2 Å². The number of piperazine rings is 1. The molecule has 1 aliphatic rings. The average Bonchev–Trinajstić information content (AvgIpc) is 2.41. The minimum atomic E-state index is -0.411. The van der Waals surface area contributed by atoms with Crippen LogP contribution in [0.1, 0.15) is 12.6 Å². The molecule has 1 aromatic heterocycles. The smallest absolute Gasteiger partial charge is 0.128 e. The van der Waals surface area contributed by atoms with Gasteiger partial charge in [-0.05, 0) is 26.0 Å². The molecule has 1 N–H and O–H groups in total. The van der Waals surface area contributed by atoms with E-state index in [0.29, 0.717) is 19.2 Å². The molecule has 5 heteroatoms. The summed E-state index contributed by atoms with van der Waals surface area (Å²) in [6.45, 7) is 8.11. The molecular formula is C15H25N3O2. The number of anilines is 1. The highest BCUT2D eigenvalue weighted by atomic mass is 16.5. The number of hydrogen-bond acceptors (Lipinski definition) is 5. The number of methoxy groups -OCH3 is 1. The number of pyridine rings is 1. The highest BCUT2D eigenvalue weighted by molar-refractivity contribution is 5.40. The van der Waals surface area contributed by atoms with Crippen molar-refractivity contribution >= 4 is 5.82 Å². The summed E-state index contributed by atoms with van der Waals surface area (Å²) in [5.74, 6) is 1.05. The number of ether oxygens (including phenoxy) is 1. The maximum Gasteiger partial charge on any atom is 0.128 e. The molecule has 0 unspecified atom stereocenters. The molecule has 2 atom stereocenters. The van der Waals surface area contributed by atoms with Crippen LogP contribution in [0.25, 0.3) is 0 Å². The number of aromatic nitrogens is 1. The quantitative estimate of drug-likeness (QED) is 0.868. The van der Waals surface area contributed by atoms with Crippen LogP contribution in [0.4, 0.5) is 5.82 Å². The average molecular weight is 279 g/mol.